The van der Waals surface area contributed by atoms with Gasteiger partial charge in [0.05, 0.1) is 27.2 Å². The molecule has 1 aromatic rings. The van der Waals surface area contributed by atoms with E-state index in [1.807, 2.05) is 0 Å². The van der Waals surface area contributed by atoms with Gasteiger partial charge in [-0.3, -0.25) is 4.79 Å². The Balaban J connectivity index is 1.76. The van der Waals surface area contributed by atoms with E-state index in [1.165, 1.54) is 23.2 Å². The first-order valence-corrected chi connectivity index (χ1v) is 11.4. The quantitative estimate of drug-likeness (QED) is 0.460. The van der Waals surface area contributed by atoms with E-state index in [1.54, 1.807) is 7.11 Å². The number of methoxy groups -OCH3 is 1. The van der Waals surface area contributed by atoms with Gasteiger partial charge in [0.1, 0.15) is 11.5 Å². The molecule has 7 atom stereocenters. The van der Waals surface area contributed by atoms with Gasteiger partial charge in [0.15, 0.2) is 0 Å². The number of ether oxygens (including phenoxy) is 1. The predicted molar refractivity (Wildman–Crippen MR) is 116 cm³/mol. The van der Waals surface area contributed by atoms with Crippen LogP contribution in [0, 0.1) is 17.3 Å². The average molecular weight is 396 g/mol. The molecule has 6 bridgehead atoms. The maximum atomic E-state index is 13.7. The largest absolute Gasteiger partial charge is 0.468 e. The number of esters is 1. The van der Waals surface area contributed by atoms with Crippen molar-refractivity contribution in [1.82, 2.24) is 0 Å². The number of anilines is 1. The lowest BCUT2D eigenvalue weighted by atomic mass is 9.57. The Morgan fingerprint density at radius 1 is 1.34 bits per heavy atom. The van der Waals surface area contributed by atoms with E-state index in [4.69, 9.17) is 4.74 Å². The van der Waals surface area contributed by atoms with Gasteiger partial charge < -0.3 is 14.5 Å². The molecule has 1 N–H and O–H groups in total. The third kappa shape index (κ3) is 2.57. The van der Waals surface area contributed by atoms with Gasteiger partial charge in [0, 0.05) is 24.1 Å². The third-order valence-corrected chi connectivity index (χ3v) is 8.69. The number of hydrogen-bond acceptors (Lipinski definition) is 3. The minimum Gasteiger partial charge on any atom is -0.468 e. The lowest BCUT2D eigenvalue weighted by Gasteiger charge is -2.60. The Labute approximate surface area is 174 Å². The highest BCUT2D eigenvalue weighted by molar-refractivity contribution is 5.81. The van der Waals surface area contributed by atoms with Crippen molar-refractivity contribution < 1.29 is 14.0 Å². The van der Waals surface area contributed by atoms with Gasteiger partial charge in [-0.05, 0) is 48.3 Å². The first kappa shape index (κ1) is 19.2. The van der Waals surface area contributed by atoms with Gasteiger partial charge in [0.25, 0.3) is 0 Å². The molecule has 6 rings (SSSR count). The van der Waals surface area contributed by atoms with Crippen LogP contribution in [0.3, 0.4) is 0 Å². The Morgan fingerprint density at radius 3 is 2.90 bits per heavy atom. The average Bonchev–Trinajstić information content (AvgIpc) is 2.85. The number of para-hydroxylation sites is 1. The van der Waals surface area contributed by atoms with E-state index in [2.05, 4.69) is 56.6 Å². The Kier molecular flexibility index (Phi) is 4.36. The van der Waals surface area contributed by atoms with Crippen molar-refractivity contribution in [3.63, 3.8) is 0 Å². The summed E-state index contributed by atoms with van der Waals surface area (Å²) in [4.78, 5) is 13.7. The van der Waals surface area contributed by atoms with Crippen LogP contribution >= 0.6 is 0 Å². The molecule has 0 amide bonds. The molecule has 0 saturated carbocycles. The second kappa shape index (κ2) is 6.60. The predicted octanol–water partition coefficient (Wildman–Crippen LogP) is 4.34. The minimum atomic E-state index is -0.493. The van der Waals surface area contributed by atoms with Crippen LogP contribution in [0.5, 0.6) is 0 Å². The third-order valence-electron chi connectivity index (χ3n) is 8.69. The molecule has 4 heterocycles. The Morgan fingerprint density at radius 2 is 2.14 bits per heavy atom. The molecule has 0 radical (unpaired) electrons. The number of likely N-dealkylation sites (N-methyl/N-ethyl adjacent to an activating group) is 1. The van der Waals surface area contributed by atoms with Crippen molar-refractivity contribution in [3.05, 3.63) is 41.5 Å². The lowest BCUT2D eigenvalue weighted by Crippen LogP contribution is -2.73. The number of nitrogens with zero attached hydrogens (tertiary/aromatic N) is 1. The van der Waals surface area contributed by atoms with E-state index in [9.17, 15) is 4.79 Å². The van der Waals surface area contributed by atoms with E-state index < -0.39 is 5.41 Å². The van der Waals surface area contributed by atoms with E-state index in [-0.39, 0.29) is 18.1 Å². The van der Waals surface area contributed by atoms with Gasteiger partial charge in [-0.25, -0.2) is 0 Å². The number of hydrogen-bond donors (Lipinski definition) is 1. The number of carbonyl (C=O) groups is 1. The number of nitrogens with one attached hydrogen (secondary N) is 1. The first-order chi connectivity index (χ1) is 13.9. The molecule has 5 aliphatic rings. The molecule has 29 heavy (non-hydrogen) atoms. The fourth-order valence-corrected chi connectivity index (χ4v) is 7.69. The SMILES string of the molecule is CCC1=CC2CC3(C(=O)OC)C4CC(C)C(CC[N+](C)(C2)C13)c1ccccc1N4. The summed E-state index contributed by atoms with van der Waals surface area (Å²) in [6, 6.07) is 9.13. The molecule has 4 aliphatic heterocycles. The van der Waals surface area contributed by atoms with Crippen LogP contribution in [0.25, 0.3) is 0 Å². The van der Waals surface area contributed by atoms with Crippen LogP contribution in [0.1, 0.15) is 51.0 Å². The molecule has 4 nitrogen and oxygen atoms in total. The summed E-state index contributed by atoms with van der Waals surface area (Å²) in [5.74, 6) is 1.54. The summed E-state index contributed by atoms with van der Waals surface area (Å²) < 4.78 is 6.58. The summed E-state index contributed by atoms with van der Waals surface area (Å²) in [5.41, 5.74) is 3.65. The maximum Gasteiger partial charge on any atom is 0.320 e. The normalized spacial score (nSPS) is 42.5. The topological polar surface area (TPSA) is 38.3 Å². The summed E-state index contributed by atoms with van der Waals surface area (Å²) in [6.45, 7) is 6.94. The summed E-state index contributed by atoms with van der Waals surface area (Å²) in [6.07, 6.45) is 6.64. The molecule has 1 aromatic carbocycles. The van der Waals surface area contributed by atoms with Crippen molar-refractivity contribution in [2.75, 3.05) is 32.6 Å². The summed E-state index contributed by atoms with van der Waals surface area (Å²) >= 11 is 0. The molecule has 0 aromatic heterocycles. The number of quaternary nitrogens is 1. The molecular formula is C25H35N2O2+. The zero-order chi connectivity index (χ0) is 20.4. The van der Waals surface area contributed by atoms with Crippen molar-refractivity contribution >= 4 is 11.7 Å². The van der Waals surface area contributed by atoms with Crippen LogP contribution < -0.4 is 5.32 Å². The van der Waals surface area contributed by atoms with Gasteiger partial charge in [-0.1, -0.05) is 38.1 Å². The first-order valence-electron chi connectivity index (χ1n) is 11.4. The smallest absolute Gasteiger partial charge is 0.320 e. The number of piperidine rings is 1. The molecule has 1 aliphatic carbocycles. The number of rotatable bonds is 2. The summed E-state index contributed by atoms with van der Waals surface area (Å²) in [5, 5.41) is 3.91. The molecular weight excluding hydrogens is 360 g/mol. The highest BCUT2D eigenvalue weighted by atomic mass is 16.5. The van der Waals surface area contributed by atoms with Crippen LogP contribution in [0.4, 0.5) is 5.69 Å². The maximum absolute atomic E-state index is 13.7. The zero-order valence-corrected chi connectivity index (χ0v) is 18.3. The highest BCUT2D eigenvalue weighted by Gasteiger charge is 2.67. The van der Waals surface area contributed by atoms with Gasteiger partial charge in [-0.2, -0.15) is 0 Å². The van der Waals surface area contributed by atoms with Gasteiger partial charge in [-0.15, -0.1) is 0 Å². The van der Waals surface area contributed by atoms with Crippen LogP contribution in [0.15, 0.2) is 35.9 Å². The number of fused-ring (bicyclic) bond motifs is 5. The molecule has 2 fully saturated rings. The minimum absolute atomic E-state index is 0.00173. The van der Waals surface area contributed by atoms with Crippen molar-refractivity contribution in [1.29, 1.82) is 0 Å². The highest BCUT2D eigenvalue weighted by Crippen LogP contribution is 2.57. The number of benzene rings is 1. The van der Waals surface area contributed by atoms with E-state index >= 15 is 0 Å². The molecule has 0 spiro atoms. The molecule has 2 saturated heterocycles. The molecule has 156 valence electrons. The van der Waals surface area contributed by atoms with Crippen molar-refractivity contribution in [3.8, 4) is 0 Å². The second-order valence-corrected chi connectivity index (χ2v) is 10.3. The van der Waals surface area contributed by atoms with Crippen LogP contribution in [0.2, 0.25) is 0 Å². The van der Waals surface area contributed by atoms with E-state index in [0.717, 1.165) is 36.8 Å². The van der Waals surface area contributed by atoms with Crippen LogP contribution in [-0.4, -0.2) is 49.8 Å². The molecule has 7 unspecified atom stereocenters. The van der Waals surface area contributed by atoms with Crippen molar-refractivity contribution in [2.45, 2.75) is 57.5 Å². The van der Waals surface area contributed by atoms with Crippen LogP contribution in [-0.2, 0) is 9.53 Å². The number of carbonyl (C=O) groups excluding carboxylic acids is 1. The molecule has 4 heteroatoms. The summed E-state index contributed by atoms with van der Waals surface area (Å²) in [7, 11) is 4.00. The van der Waals surface area contributed by atoms with Gasteiger partial charge >= 0.3 is 5.97 Å². The lowest BCUT2D eigenvalue weighted by molar-refractivity contribution is -0.945. The van der Waals surface area contributed by atoms with Crippen molar-refractivity contribution in [2.24, 2.45) is 17.3 Å². The van der Waals surface area contributed by atoms with E-state index in [0.29, 0.717) is 17.8 Å². The standard InChI is InChI=1S/C25H35N2O2/c1-5-18-13-17-14-25(24(28)29-4)22-12-16(2)19(10-11-27(3,15-17)23(18)25)20-8-6-7-9-21(20)26-22/h6-9,13,16-17,19,22-23,26H,5,10-12,14-15H2,1-4H3/q+1. The van der Waals surface area contributed by atoms with Gasteiger partial charge in [0.2, 0.25) is 0 Å². The monoisotopic (exact) mass is 395 g/mol. The Hall–Kier alpha value is -1.81. The fourth-order valence-electron chi connectivity index (χ4n) is 7.69. The fraction of sp³-hybridized carbons (Fsp3) is 0.640. The zero-order valence-electron chi connectivity index (χ0n) is 18.3. The second-order valence-electron chi connectivity index (χ2n) is 10.3. The Bertz CT molecular complexity index is 864.